The molecule has 9 unspecified atom stereocenters. The van der Waals surface area contributed by atoms with E-state index in [-0.39, 0.29) is 29.7 Å². The molecular formula is C27H32O11. The third-order valence-electron chi connectivity index (χ3n) is 8.60. The predicted molar refractivity (Wildman–Crippen MR) is 127 cm³/mol. The molecule has 2 aliphatic carbocycles. The number of ether oxygens (including phenoxy) is 6. The van der Waals surface area contributed by atoms with Crippen LogP contribution >= 0.6 is 0 Å². The zero-order valence-electron chi connectivity index (χ0n) is 21.8. The molecule has 5 aliphatic rings. The van der Waals surface area contributed by atoms with E-state index in [9.17, 15) is 24.3 Å². The molecule has 3 heterocycles. The van der Waals surface area contributed by atoms with Gasteiger partial charge in [-0.1, -0.05) is 18.7 Å². The Morgan fingerprint density at radius 1 is 1.13 bits per heavy atom. The SMILES string of the molecule is C=C1C(=O)OC2C1C(OC(=O)C(=CC)COC(C)=O)CC1(CO1)C1C(OC(=O)C(=CC)CO)C3OC3(C)C21. The molecule has 1 spiro atoms. The summed E-state index contributed by atoms with van der Waals surface area (Å²) in [5.74, 6) is -3.98. The monoisotopic (exact) mass is 532 g/mol. The van der Waals surface area contributed by atoms with E-state index in [4.69, 9.17) is 28.4 Å². The van der Waals surface area contributed by atoms with Crippen molar-refractivity contribution >= 4 is 23.9 Å². The van der Waals surface area contributed by atoms with E-state index < -0.39 is 83.9 Å². The second kappa shape index (κ2) is 9.32. The molecule has 1 N–H and O–H groups in total. The third kappa shape index (κ3) is 4.07. The molecule has 9 atom stereocenters. The maximum atomic E-state index is 13.1. The van der Waals surface area contributed by atoms with Crippen LogP contribution in [0.4, 0.5) is 0 Å². The van der Waals surface area contributed by atoms with E-state index in [2.05, 4.69) is 6.58 Å². The summed E-state index contributed by atoms with van der Waals surface area (Å²) >= 11 is 0. The third-order valence-corrected chi connectivity index (χ3v) is 8.60. The summed E-state index contributed by atoms with van der Waals surface area (Å²) in [6, 6.07) is 0. The number of rotatable bonds is 7. The number of carbonyl (C=O) groups is 4. The summed E-state index contributed by atoms with van der Waals surface area (Å²) in [6.07, 6.45) is 0.454. The first-order chi connectivity index (χ1) is 18.0. The Balaban J connectivity index is 1.47. The smallest absolute Gasteiger partial charge is 0.337 e. The molecule has 3 aliphatic heterocycles. The quantitative estimate of drug-likeness (QED) is 0.216. The minimum absolute atomic E-state index is 0.118. The molecule has 11 heteroatoms. The number of carbonyl (C=O) groups excluding carboxylic acids is 4. The molecule has 0 aromatic rings. The van der Waals surface area contributed by atoms with E-state index >= 15 is 0 Å². The maximum absolute atomic E-state index is 13.1. The molecule has 2 saturated carbocycles. The summed E-state index contributed by atoms with van der Waals surface area (Å²) in [6.45, 7) is 9.94. The molecule has 0 radical (unpaired) electrons. The summed E-state index contributed by atoms with van der Waals surface area (Å²) in [4.78, 5) is 49.9. The Morgan fingerprint density at radius 2 is 1.79 bits per heavy atom. The number of fused-ring (bicyclic) bond motifs is 6. The van der Waals surface area contributed by atoms with E-state index in [0.29, 0.717) is 6.61 Å². The number of allylic oxidation sites excluding steroid dienone is 2. The van der Waals surface area contributed by atoms with Crippen LogP contribution < -0.4 is 0 Å². The highest BCUT2D eigenvalue weighted by Crippen LogP contribution is 2.68. The topological polar surface area (TPSA) is 150 Å². The minimum atomic E-state index is -0.840. The van der Waals surface area contributed by atoms with Crippen molar-refractivity contribution in [3.8, 4) is 0 Å². The lowest BCUT2D eigenvalue weighted by atomic mass is 9.76. The van der Waals surface area contributed by atoms with Crippen LogP contribution in [-0.2, 0) is 47.6 Å². The summed E-state index contributed by atoms with van der Waals surface area (Å²) in [7, 11) is 0. The van der Waals surface area contributed by atoms with Crippen LogP contribution in [0.1, 0.15) is 34.1 Å². The van der Waals surface area contributed by atoms with Gasteiger partial charge in [-0.25, -0.2) is 14.4 Å². The van der Waals surface area contributed by atoms with Gasteiger partial charge >= 0.3 is 23.9 Å². The number of esters is 4. The minimum Gasteiger partial charge on any atom is -0.461 e. The van der Waals surface area contributed by atoms with Gasteiger partial charge in [0.2, 0.25) is 0 Å². The van der Waals surface area contributed by atoms with Crippen molar-refractivity contribution < 1.29 is 52.7 Å². The van der Waals surface area contributed by atoms with Gasteiger partial charge < -0.3 is 33.5 Å². The second-order valence-electron chi connectivity index (χ2n) is 10.6. The summed E-state index contributed by atoms with van der Waals surface area (Å²) in [5.41, 5.74) is -1.12. The van der Waals surface area contributed by atoms with Crippen molar-refractivity contribution in [1.29, 1.82) is 0 Å². The lowest BCUT2D eigenvalue weighted by Gasteiger charge is -2.34. The molecule has 11 nitrogen and oxygen atoms in total. The predicted octanol–water partition coefficient (Wildman–Crippen LogP) is 0.932. The number of aliphatic hydroxyl groups excluding tert-OH is 1. The molecule has 0 aromatic heterocycles. The fourth-order valence-electron chi connectivity index (χ4n) is 6.53. The number of hydrogen-bond donors (Lipinski definition) is 1. The highest BCUT2D eigenvalue weighted by Gasteiger charge is 2.82. The van der Waals surface area contributed by atoms with Crippen LogP contribution in [-0.4, -0.2) is 84.4 Å². The van der Waals surface area contributed by atoms with Crippen LogP contribution in [0.25, 0.3) is 0 Å². The van der Waals surface area contributed by atoms with E-state index in [1.54, 1.807) is 13.8 Å². The Morgan fingerprint density at radius 3 is 2.37 bits per heavy atom. The van der Waals surface area contributed by atoms with Gasteiger partial charge in [-0.3, -0.25) is 4.79 Å². The van der Waals surface area contributed by atoms with Gasteiger partial charge in [0, 0.05) is 30.8 Å². The first-order valence-electron chi connectivity index (χ1n) is 12.7. The Bertz CT molecular complexity index is 1150. The van der Waals surface area contributed by atoms with Crippen molar-refractivity contribution in [2.45, 2.75) is 69.7 Å². The van der Waals surface area contributed by atoms with E-state index in [0.717, 1.165) is 0 Å². The zero-order chi connectivity index (χ0) is 27.6. The fourth-order valence-corrected chi connectivity index (χ4v) is 6.53. The number of hydrogen-bond acceptors (Lipinski definition) is 11. The van der Waals surface area contributed by atoms with Crippen molar-refractivity contribution in [2.75, 3.05) is 19.8 Å². The van der Waals surface area contributed by atoms with Gasteiger partial charge in [-0.15, -0.1) is 0 Å². The van der Waals surface area contributed by atoms with E-state index in [1.165, 1.54) is 19.1 Å². The van der Waals surface area contributed by atoms with E-state index in [1.807, 2.05) is 6.92 Å². The van der Waals surface area contributed by atoms with Gasteiger partial charge in [-0.05, 0) is 20.8 Å². The average molecular weight is 533 g/mol. The number of epoxide rings is 2. The summed E-state index contributed by atoms with van der Waals surface area (Å²) in [5, 5.41) is 9.55. The van der Waals surface area contributed by atoms with Crippen molar-refractivity contribution in [3.05, 3.63) is 35.5 Å². The molecule has 38 heavy (non-hydrogen) atoms. The highest BCUT2D eigenvalue weighted by atomic mass is 16.7. The van der Waals surface area contributed by atoms with Crippen molar-refractivity contribution in [3.63, 3.8) is 0 Å². The lowest BCUT2D eigenvalue weighted by Crippen LogP contribution is -2.45. The zero-order valence-corrected chi connectivity index (χ0v) is 21.8. The fraction of sp³-hybridized carbons (Fsp3) is 0.630. The van der Waals surface area contributed by atoms with Crippen LogP contribution in [0.15, 0.2) is 35.5 Å². The van der Waals surface area contributed by atoms with Gasteiger partial charge in [0.1, 0.15) is 42.2 Å². The Hall–Kier alpha value is -3.02. The normalized spacial score (nSPS) is 40.9. The number of aliphatic hydroxyl groups is 1. The maximum Gasteiger partial charge on any atom is 0.337 e. The Kier molecular flexibility index (Phi) is 6.52. The van der Waals surface area contributed by atoms with Gasteiger partial charge in [0.15, 0.2) is 0 Å². The van der Waals surface area contributed by atoms with Crippen LogP contribution in [0.3, 0.4) is 0 Å². The first-order valence-corrected chi connectivity index (χ1v) is 12.7. The molecule has 0 amide bonds. The van der Waals surface area contributed by atoms with Gasteiger partial charge in [0.25, 0.3) is 0 Å². The average Bonchev–Trinajstić information content (AvgIpc) is 3.74. The second-order valence-corrected chi connectivity index (χ2v) is 10.6. The molecule has 3 saturated heterocycles. The largest absolute Gasteiger partial charge is 0.461 e. The van der Waals surface area contributed by atoms with Crippen LogP contribution in [0.2, 0.25) is 0 Å². The van der Waals surface area contributed by atoms with Crippen molar-refractivity contribution in [1.82, 2.24) is 0 Å². The summed E-state index contributed by atoms with van der Waals surface area (Å²) < 4.78 is 34.7. The lowest BCUT2D eigenvalue weighted by molar-refractivity contribution is -0.158. The van der Waals surface area contributed by atoms with Crippen LogP contribution in [0.5, 0.6) is 0 Å². The van der Waals surface area contributed by atoms with Crippen LogP contribution in [0, 0.1) is 17.8 Å². The van der Waals surface area contributed by atoms with Crippen molar-refractivity contribution in [2.24, 2.45) is 17.8 Å². The highest BCUT2D eigenvalue weighted by molar-refractivity contribution is 5.92. The molecule has 0 bridgehead atoms. The van der Waals surface area contributed by atoms with Gasteiger partial charge in [-0.2, -0.15) is 0 Å². The Labute approximate surface area is 219 Å². The van der Waals surface area contributed by atoms with Gasteiger partial charge in [0.05, 0.1) is 30.3 Å². The molecule has 0 aromatic carbocycles. The first kappa shape index (κ1) is 26.6. The molecule has 5 rings (SSSR count). The molecule has 206 valence electrons. The standard InChI is InChI=1S/C27H32O11/c1-6-14(9-28)24(31)37-21-19-18(26(5)22(21)38-26)20-17(12(3)23(30)36-20)16(8-27(19)11-34-27)35-25(32)15(7-2)10-33-13(4)29/h6-7,16-22,28H,3,8-11H2,1-2,4-5H3. The molecule has 5 fully saturated rings. The molecular weight excluding hydrogens is 500 g/mol.